The lowest BCUT2D eigenvalue weighted by Crippen LogP contribution is -2.02. The molecule has 2 aromatic rings. The highest BCUT2D eigenvalue weighted by Gasteiger charge is 2.06. The van der Waals surface area contributed by atoms with Crippen LogP contribution in [-0.4, -0.2) is 12.4 Å². The first-order valence-electron chi connectivity index (χ1n) is 5.95. The number of benzene rings is 2. The van der Waals surface area contributed by atoms with Crippen LogP contribution in [0, 0.1) is 0 Å². The van der Waals surface area contributed by atoms with E-state index in [1.54, 1.807) is 11.8 Å². The normalized spacial score (nSPS) is 10.4. The summed E-state index contributed by atoms with van der Waals surface area (Å²) < 4.78 is 5.74. The Morgan fingerprint density at radius 3 is 2.53 bits per heavy atom. The Morgan fingerprint density at radius 1 is 1.00 bits per heavy atom. The highest BCUT2D eigenvalue weighted by atomic mass is 35.5. The van der Waals surface area contributed by atoms with E-state index in [1.807, 2.05) is 36.4 Å². The van der Waals surface area contributed by atoms with Crippen LogP contribution >= 0.6 is 35.0 Å². The van der Waals surface area contributed by atoms with Crippen molar-refractivity contribution in [2.75, 3.05) is 12.4 Å². The zero-order valence-corrected chi connectivity index (χ0v) is 12.6. The maximum Gasteiger partial charge on any atom is 0.125 e. The predicted molar refractivity (Wildman–Crippen MR) is 83.7 cm³/mol. The molecule has 1 nitrogen and oxygen atoms in total. The summed E-state index contributed by atoms with van der Waals surface area (Å²) in [6, 6.07) is 15.9. The van der Waals surface area contributed by atoms with E-state index in [1.165, 1.54) is 4.90 Å². The van der Waals surface area contributed by atoms with E-state index in [2.05, 4.69) is 12.1 Å². The third-order valence-electron chi connectivity index (χ3n) is 2.56. The SMILES string of the molecule is ClCc1c(Cl)cccc1OCCSc1ccccc1. The van der Waals surface area contributed by atoms with Gasteiger partial charge in [0.1, 0.15) is 5.75 Å². The second kappa shape index (κ2) is 7.68. The largest absolute Gasteiger partial charge is 0.492 e. The van der Waals surface area contributed by atoms with Crippen molar-refractivity contribution in [3.05, 3.63) is 59.1 Å². The van der Waals surface area contributed by atoms with E-state index < -0.39 is 0 Å². The van der Waals surface area contributed by atoms with Gasteiger partial charge >= 0.3 is 0 Å². The van der Waals surface area contributed by atoms with Gasteiger partial charge < -0.3 is 4.74 Å². The van der Waals surface area contributed by atoms with Gasteiger partial charge in [0.15, 0.2) is 0 Å². The number of halogens is 2. The molecular formula is C15H14Cl2OS. The van der Waals surface area contributed by atoms with Crippen LogP contribution in [0.1, 0.15) is 5.56 Å². The van der Waals surface area contributed by atoms with Crippen molar-refractivity contribution in [1.29, 1.82) is 0 Å². The van der Waals surface area contributed by atoms with E-state index in [4.69, 9.17) is 27.9 Å². The number of ether oxygens (including phenoxy) is 1. The second-order valence-electron chi connectivity index (χ2n) is 3.86. The minimum Gasteiger partial charge on any atom is -0.492 e. The quantitative estimate of drug-likeness (QED) is 0.409. The number of hydrogen-bond acceptors (Lipinski definition) is 2. The molecule has 4 heteroatoms. The van der Waals surface area contributed by atoms with Crippen molar-refractivity contribution in [3.63, 3.8) is 0 Å². The number of rotatable bonds is 6. The first kappa shape index (κ1) is 14.6. The first-order chi connectivity index (χ1) is 9.31. The number of hydrogen-bond donors (Lipinski definition) is 0. The summed E-state index contributed by atoms with van der Waals surface area (Å²) in [6.45, 7) is 0.629. The van der Waals surface area contributed by atoms with Gasteiger partial charge in [-0.2, -0.15) is 0 Å². The Kier molecular flexibility index (Phi) is 5.90. The molecule has 0 fully saturated rings. The van der Waals surface area contributed by atoms with Crippen LogP contribution in [0.5, 0.6) is 5.75 Å². The molecule has 0 bridgehead atoms. The standard InChI is InChI=1S/C15H14Cl2OS/c16-11-13-14(17)7-4-8-15(13)18-9-10-19-12-5-2-1-3-6-12/h1-8H,9-11H2. The lowest BCUT2D eigenvalue weighted by Gasteiger charge is -2.11. The molecule has 0 aliphatic rings. The van der Waals surface area contributed by atoms with Crippen molar-refractivity contribution < 1.29 is 4.74 Å². The van der Waals surface area contributed by atoms with E-state index in [0.29, 0.717) is 17.5 Å². The molecular weight excluding hydrogens is 299 g/mol. The molecule has 100 valence electrons. The van der Waals surface area contributed by atoms with Crippen LogP contribution in [0.15, 0.2) is 53.4 Å². The minimum absolute atomic E-state index is 0.362. The maximum atomic E-state index is 6.07. The Labute approximate surface area is 127 Å². The van der Waals surface area contributed by atoms with E-state index in [0.717, 1.165) is 17.1 Å². The van der Waals surface area contributed by atoms with Gasteiger partial charge in [-0.3, -0.25) is 0 Å². The zero-order valence-electron chi connectivity index (χ0n) is 10.3. The third kappa shape index (κ3) is 4.34. The van der Waals surface area contributed by atoms with Crippen LogP contribution in [-0.2, 0) is 5.88 Å². The summed E-state index contributed by atoms with van der Waals surface area (Å²) >= 11 is 13.7. The topological polar surface area (TPSA) is 9.23 Å². The number of thioether (sulfide) groups is 1. The molecule has 0 saturated heterocycles. The summed E-state index contributed by atoms with van der Waals surface area (Å²) in [5, 5.41) is 0.656. The van der Waals surface area contributed by atoms with Crippen molar-refractivity contribution in [3.8, 4) is 5.75 Å². The van der Waals surface area contributed by atoms with Gasteiger partial charge in [-0.25, -0.2) is 0 Å². The molecule has 0 aliphatic carbocycles. The predicted octanol–water partition coefficient (Wildman–Crippen LogP) is 5.25. The molecule has 0 spiro atoms. The highest BCUT2D eigenvalue weighted by molar-refractivity contribution is 7.99. The fourth-order valence-electron chi connectivity index (χ4n) is 1.63. The minimum atomic E-state index is 0.362. The van der Waals surface area contributed by atoms with Gasteiger partial charge in [-0.05, 0) is 24.3 Å². The second-order valence-corrected chi connectivity index (χ2v) is 5.70. The molecule has 0 amide bonds. The molecule has 0 aliphatic heterocycles. The van der Waals surface area contributed by atoms with Gasteiger partial charge in [0.05, 0.1) is 12.5 Å². The fraction of sp³-hybridized carbons (Fsp3) is 0.200. The molecule has 0 heterocycles. The van der Waals surface area contributed by atoms with Crippen LogP contribution in [0.4, 0.5) is 0 Å². The Bertz CT molecular complexity index is 517. The Morgan fingerprint density at radius 2 is 1.79 bits per heavy atom. The molecule has 2 rings (SSSR count). The number of alkyl halides is 1. The third-order valence-corrected chi connectivity index (χ3v) is 4.16. The van der Waals surface area contributed by atoms with Gasteiger partial charge in [-0.1, -0.05) is 35.9 Å². The molecule has 0 radical (unpaired) electrons. The Balaban J connectivity index is 1.85. The van der Waals surface area contributed by atoms with Crippen LogP contribution in [0.25, 0.3) is 0 Å². The monoisotopic (exact) mass is 312 g/mol. The summed E-state index contributed by atoms with van der Waals surface area (Å²) in [5.74, 6) is 2.02. The molecule has 0 unspecified atom stereocenters. The average molecular weight is 313 g/mol. The maximum absolute atomic E-state index is 6.07. The molecule has 0 N–H and O–H groups in total. The first-order valence-corrected chi connectivity index (χ1v) is 7.85. The molecule has 0 atom stereocenters. The van der Waals surface area contributed by atoms with Gasteiger partial charge in [-0.15, -0.1) is 23.4 Å². The zero-order chi connectivity index (χ0) is 13.5. The highest BCUT2D eigenvalue weighted by Crippen LogP contribution is 2.28. The smallest absolute Gasteiger partial charge is 0.125 e. The Hall–Kier alpha value is -0.830. The fourth-order valence-corrected chi connectivity index (χ4v) is 2.96. The van der Waals surface area contributed by atoms with Crippen molar-refractivity contribution in [2.24, 2.45) is 0 Å². The molecule has 19 heavy (non-hydrogen) atoms. The van der Waals surface area contributed by atoms with E-state index in [9.17, 15) is 0 Å². The molecule has 0 aromatic heterocycles. The average Bonchev–Trinajstić information content (AvgIpc) is 2.45. The molecule has 2 aromatic carbocycles. The van der Waals surface area contributed by atoms with Crippen molar-refractivity contribution in [2.45, 2.75) is 10.8 Å². The summed E-state index contributed by atoms with van der Waals surface area (Å²) in [6.07, 6.45) is 0. The van der Waals surface area contributed by atoms with Crippen LogP contribution < -0.4 is 4.74 Å². The lowest BCUT2D eigenvalue weighted by molar-refractivity contribution is 0.341. The van der Waals surface area contributed by atoms with E-state index >= 15 is 0 Å². The van der Waals surface area contributed by atoms with Crippen molar-refractivity contribution >= 4 is 35.0 Å². The summed E-state index contributed by atoms with van der Waals surface area (Å²) in [7, 11) is 0. The van der Waals surface area contributed by atoms with Gasteiger partial charge in [0.25, 0.3) is 0 Å². The van der Waals surface area contributed by atoms with Crippen LogP contribution in [0.2, 0.25) is 5.02 Å². The molecule has 0 saturated carbocycles. The lowest BCUT2D eigenvalue weighted by atomic mass is 10.2. The van der Waals surface area contributed by atoms with Gasteiger partial charge in [0, 0.05) is 21.2 Å². The summed E-state index contributed by atoms with van der Waals surface area (Å²) in [5.41, 5.74) is 0.857. The van der Waals surface area contributed by atoms with Gasteiger partial charge in [0.2, 0.25) is 0 Å². The van der Waals surface area contributed by atoms with Crippen molar-refractivity contribution in [1.82, 2.24) is 0 Å². The summed E-state index contributed by atoms with van der Waals surface area (Å²) in [4.78, 5) is 1.25. The van der Waals surface area contributed by atoms with Crippen LogP contribution in [0.3, 0.4) is 0 Å². The van der Waals surface area contributed by atoms with E-state index in [-0.39, 0.29) is 0 Å².